The molecule has 1 aliphatic rings. The number of rotatable bonds is 6. The van der Waals surface area contributed by atoms with Gasteiger partial charge in [0.05, 0.1) is 12.7 Å². The van der Waals surface area contributed by atoms with Gasteiger partial charge in [-0.25, -0.2) is 0 Å². The normalized spacial score (nSPS) is 22.3. The molecule has 4 nitrogen and oxygen atoms in total. The molecule has 1 heterocycles. The maximum Gasteiger partial charge on any atom is 0.181 e. The number of aliphatic hydroxyl groups is 2. The van der Waals surface area contributed by atoms with Crippen LogP contribution in [-0.2, 0) is 15.1 Å². The molecule has 0 amide bonds. The maximum absolute atomic E-state index is 9.82. The molecule has 0 aliphatic carbocycles. The lowest BCUT2D eigenvalue weighted by molar-refractivity contribution is -0.144. The van der Waals surface area contributed by atoms with Crippen LogP contribution in [0.15, 0.2) is 91.0 Å². The van der Waals surface area contributed by atoms with Gasteiger partial charge in [-0.1, -0.05) is 91.0 Å². The molecule has 4 rings (SSSR count). The summed E-state index contributed by atoms with van der Waals surface area (Å²) >= 11 is 0. The van der Waals surface area contributed by atoms with Crippen molar-refractivity contribution in [3.63, 3.8) is 0 Å². The Labute approximate surface area is 165 Å². The predicted molar refractivity (Wildman–Crippen MR) is 107 cm³/mol. The molecule has 0 aromatic heterocycles. The zero-order valence-electron chi connectivity index (χ0n) is 15.5. The third-order valence-corrected chi connectivity index (χ3v) is 5.19. The SMILES string of the molecule is O[C@@H]1C[C@@H](COC(c2ccccc2)(c2ccccc2)c2ccccc2)O[C@@H]1O. The lowest BCUT2D eigenvalue weighted by Crippen LogP contribution is -2.35. The maximum atomic E-state index is 9.82. The van der Waals surface area contributed by atoms with E-state index in [1.54, 1.807) is 0 Å². The highest BCUT2D eigenvalue weighted by Gasteiger charge is 2.40. The molecule has 3 atom stereocenters. The number of benzene rings is 3. The lowest BCUT2D eigenvalue weighted by Gasteiger charge is -2.36. The predicted octanol–water partition coefficient (Wildman–Crippen LogP) is 3.46. The van der Waals surface area contributed by atoms with Gasteiger partial charge >= 0.3 is 0 Å². The van der Waals surface area contributed by atoms with Crippen molar-refractivity contribution in [2.75, 3.05) is 6.61 Å². The van der Waals surface area contributed by atoms with E-state index in [0.29, 0.717) is 6.42 Å². The van der Waals surface area contributed by atoms with E-state index in [2.05, 4.69) is 36.4 Å². The number of aliphatic hydroxyl groups excluding tert-OH is 2. The molecular weight excluding hydrogens is 352 g/mol. The van der Waals surface area contributed by atoms with Gasteiger partial charge in [0.1, 0.15) is 11.7 Å². The summed E-state index contributed by atoms with van der Waals surface area (Å²) in [6.07, 6.45) is -2.07. The largest absolute Gasteiger partial charge is 0.388 e. The van der Waals surface area contributed by atoms with E-state index >= 15 is 0 Å². The van der Waals surface area contributed by atoms with Crippen LogP contribution in [-0.4, -0.2) is 35.3 Å². The molecule has 144 valence electrons. The van der Waals surface area contributed by atoms with Crippen LogP contribution in [0.3, 0.4) is 0 Å². The zero-order valence-corrected chi connectivity index (χ0v) is 15.5. The van der Waals surface area contributed by atoms with Crippen LogP contribution in [0.5, 0.6) is 0 Å². The van der Waals surface area contributed by atoms with E-state index in [1.165, 1.54) is 0 Å². The molecule has 28 heavy (non-hydrogen) atoms. The van der Waals surface area contributed by atoms with Crippen molar-refractivity contribution in [1.82, 2.24) is 0 Å². The number of hydrogen-bond donors (Lipinski definition) is 2. The zero-order chi connectivity index (χ0) is 19.4. The first-order valence-electron chi connectivity index (χ1n) is 9.52. The molecule has 3 aromatic rings. The summed E-state index contributed by atoms with van der Waals surface area (Å²) in [5.41, 5.74) is 2.19. The topological polar surface area (TPSA) is 58.9 Å². The fourth-order valence-corrected chi connectivity index (χ4v) is 3.82. The van der Waals surface area contributed by atoms with Crippen LogP contribution in [0, 0.1) is 0 Å². The Morgan fingerprint density at radius 3 is 1.54 bits per heavy atom. The molecule has 3 aromatic carbocycles. The lowest BCUT2D eigenvalue weighted by atomic mass is 9.80. The number of hydrogen-bond acceptors (Lipinski definition) is 4. The van der Waals surface area contributed by atoms with E-state index in [9.17, 15) is 10.2 Å². The average Bonchev–Trinajstić information content (AvgIpc) is 3.08. The summed E-state index contributed by atoms with van der Waals surface area (Å²) in [7, 11) is 0. The van der Waals surface area contributed by atoms with E-state index in [-0.39, 0.29) is 12.7 Å². The van der Waals surface area contributed by atoms with Crippen molar-refractivity contribution in [1.29, 1.82) is 0 Å². The molecule has 1 aliphatic heterocycles. The summed E-state index contributed by atoms with van der Waals surface area (Å²) < 4.78 is 12.1. The highest BCUT2D eigenvalue weighted by molar-refractivity contribution is 5.47. The quantitative estimate of drug-likeness (QED) is 0.647. The van der Waals surface area contributed by atoms with Gasteiger partial charge in [0.2, 0.25) is 0 Å². The minimum absolute atomic E-state index is 0.243. The van der Waals surface area contributed by atoms with Crippen LogP contribution in [0.4, 0.5) is 0 Å². The van der Waals surface area contributed by atoms with Crippen LogP contribution >= 0.6 is 0 Å². The molecule has 1 saturated heterocycles. The minimum atomic E-state index is -1.16. The Balaban J connectivity index is 1.79. The van der Waals surface area contributed by atoms with Gasteiger partial charge in [-0.05, 0) is 16.7 Å². The van der Waals surface area contributed by atoms with Gasteiger partial charge in [-0.2, -0.15) is 0 Å². The van der Waals surface area contributed by atoms with E-state index in [4.69, 9.17) is 9.47 Å². The second kappa shape index (κ2) is 8.25. The average molecular weight is 376 g/mol. The van der Waals surface area contributed by atoms with Gasteiger partial charge < -0.3 is 19.7 Å². The van der Waals surface area contributed by atoms with E-state index < -0.39 is 18.0 Å². The molecule has 0 unspecified atom stereocenters. The van der Waals surface area contributed by atoms with Gasteiger partial charge in [-0.3, -0.25) is 0 Å². The molecule has 4 heteroatoms. The summed E-state index contributed by atoms with van der Waals surface area (Å²) in [4.78, 5) is 0. The van der Waals surface area contributed by atoms with Crippen LogP contribution < -0.4 is 0 Å². The van der Waals surface area contributed by atoms with Crippen LogP contribution in [0.2, 0.25) is 0 Å². The molecule has 0 spiro atoms. The standard InChI is InChI=1S/C24H24O4/c25-22-16-21(28-23(22)26)17-27-24(18-10-4-1-5-11-18,19-12-6-2-7-13-19)20-14-8-3-9-15-20/h1-15,21-23,25-26H,16-17H2/t21-,22+,23-/m0/s1. The second-order valence-corrected chi connectivity index (χ2v) is 7.04. The first kappa shape index (κ1) is 18.8. The second-order valence-electron chi connectivity index (χ2n) is 7.04. The van der Waals surface area contributed by atoms with Crippen molar-refractivity contribution in [3.8, 4) is 0 Å². The molecule has 0 saturated carbocycles. The van der Waals surface area contributed by atoms with Crippen molar-refractivity contribution in [2.45, 2.75) is 30.5 Å². The summed E-state index contributed by atoms with van der Waals surface area (Å²) in [6.45, 7) is 0.243. The Hall–Kier alpha value is -2.50. The Bertz CT molecular complexity index is 760. The molecule has 0 bridgehead atoms. The molecule has 0 radical (unpaired) electrons. The Morgan fingerprint density at radius 1 is 0.750 bits per heavy atom. The molecule has 2 N–H and O–H groups in total. The summed E-state index contributed by atoms with van der Waals surface area (Å²) in [5.74, 6) is 0. The number of ether oxygens (including phenoxy) is 2. The van der Waals surface area contributed by atoms with Crippen molar-refractivity contribution in [2.24, 2.45) is 0 Å². The monoisotopic (exact) mass is 376 g/mol. The van der Waals surface area contributed by atoms with Gasteiger partial charge in [0, 0.05) is 6.42 Å². The first-order valence-corrected chi connectivity index (χ1v) is 9.52. The third kappa shape index (κ3) is 3.60. The van der Waals surface area contributed by atoms with Gasteiger partial charge in [-0.15, -0.1) is 0 Å². The van der Waals surface area contributed by atoms with Crippen molar-refractivity contribution >= 4 is 0 Å². The highest BCUT2D eigenvalue weighted by atomic mass is 16.6. The van der Waals surface area contributed by atoms with E-state index in [1.807, 2.05) is 54.6 Å². The fourth-order valence-electron chi connectivity index (χ4n) is 3.82. The minimum Gasteiger partial charge on any atom is -0.388 e. The van der Waals surface area contributed by atoms with Gasteiger partial charge in [0.15, 0.2) is 6.29 Å². The summed E-state index contributed by atoms with van der Waals surface area (Å²) in [6, 6.07) is 30.3. The molecule has 1 fully saturated rings. The Kier molecular flexibility index (Phi) is 5.55. The smallest absolute Gasteiger partial charge is 0.181 e. The summed E-state index contributed by atoms with van der Waals surface area (Å²) in [5, 5.41) is 19.5. The third-order valence-electron chi connectivity index (χ3n) is 5.19. The molecular formula is C24H24O4. The highest BCUT2D eigenvalue weighted by Crippen LogP contribution is 2.41. The fraction of sp³-hybridized carbons (Fsp3) is 0.250. The van der Waals surface area contributed by atoms with Crippen molar-refractivity contribution < 1.29 is 19.7 Å². The van der Waals surface area contributed by atoms with Crippen LogP contribution in [0.25, 0.3) is 0 Å². The van der Waals surface area contributed by atoms with Gasteiger partial charge in [0.25, 0.3) is 0 Å². The van der Waals surface area contributed by atoms with Crippen molar-refractivity contribution in [3.05, 3.63) is 108 Å². The van der Waals surface area contributed by atoms with Crippen LogP contribution in [0.1, 0.15) is 23.1 Å². The first-order chi connectivity index (χ1) is 13.7. The Morgan fingerprint density at radius 2 is 1.18 bits per heavy atom. The van der Waals surface area contributed by atoms with E-state index in [0.717, 1.165) is 16.7 Å².